The highest BCUT2D eigenvalue weighted by Gasteiger charge is 2.35. The first-order valence-corrected chi connectivity index (χ1v) is 14.4. The van der Waals surface area contributed by atoms with E-state index in [1.807, 2.05) is 27.9 Å². The zero-order valence-corrected chi connectivity index (χ0v) is 25.3. The number of aliphatic carboxylic acids is 1. The van der Waals surface area contributed by atoms with E-state index in [0.29, 0.717) is 17.3 Å². The molecule has 238 valence electrons. The average molecular weight is 582 g/mol. The number of carboxylic acid groups (broad SMARTS) is 1. The summed E-state index contributed by atoms with van der Waals surface area (Å²) in [7, 11) is 3.86. The Labute approximate surface area is 239 Å². The van der Waals surface area contributed by atoms with E-state index in [-0.39, 0.29) is 24.4 Å². The smallest absolute Gasteiger partial charge is 0.310 e. The van der Waals surface area contributed by atoms with Gasteiger partial charge in [0.05, 0.1) is 26.7 Å². The Balaban J connectivity index is 0. The number of carboxylic acids is 1. The highest BCUT2D eigenvalue weighted by Crippen LogP contribution is 2.18. The fraction of sp³-hybridized carbons (Fsp3) is 0.893. The van der Waals surface area contributed by atoms with Crippen molar-refractivity contribution in [2.24, 2.45) is 0 Å². The number of nitrogens with zero attached hydrogens (tertiary/aromatic N) is 1. The van der Waals surface area contributed by atoms with Gasteiger partial charge in [0, 0.05) is 26.7 Å². The van der Waals surface area contributed by atoms with Crippen molar-refractivity contribution in [3.05, 3.63) is 0 Å². The van der Waals surface area contributed by atoms with Crippen molar-refractivity contribution in [2.75, 3.05) is 20.7 Å². The molecule has 0 aliphatic rings. The quantitative estimate of drug-likeness (QED) is 0.0555. The van der Waals surface area contributed by atoms with E-state index in [1.54, 1.807) is 0 Å². The molecule has 2 unspecified atom stereocenters. The van der Waals surface area contributed by atoms with Crippen LogP contribution in [0, 0.1) is 0 Å². The Morgan fingerprint density at radius 3 is 1.40 bits per heavy atom. The molecule has 0 aromatic carbocycles. The lowest BCUT2D eigenvalue weighted by atomic mass is 10.0. The fourth-order valence-corrected chi connectivity index (χ4v) is 3.47. The number of esters is 2. The molecule has 0 aliphatic carbocycles. The molecule has 5 N–H and O–H groups in total. The summed E-state index contributed by atoms with van der Waals surface area (Å²) in [5.74, 6) is -2.31. The first-order chi connectivity index (χ1) is 18.7. The van der Waals surface area contributed by atoms with Gasteiger partial charge >= 0.3 is 11.9 Å². The Kier molecular flexibility index (Phi) is 23.0. The van der Waals surface area contributed by atoms with Gasteiger partial charge in [-0.3, -0.25) is 14.1 Å². The van der Waals surface area contributed by atoms with Crippen LogP contribution in [0.2, 0.25) is 0 Å². The monoisotopic (exact) mass is 581 g/mol. The minimum absolute atomic E-state index is 0.167. The molecule has 0 fully saturated rings. The Morgan fingerprint density at radius 1 is 0.700 bits per heavy atom. The van der Waals surface area contributed by atoms with E-state index >= 15 is 0 Å². The first-order valence-electron chi connectivity index (χ1n) is 14.4. The molecule has 0 saturated carbocycles. The Bertz CT molecular complexity index is 653. The number of carbonyl (C=O) groups excluding carboxylic acids is 3. The SMILES string of the molecule is CCCCCCCC(=O)OC(C)[N+](C)(C)C(C)OC(=O)CCCCCCC.O=C([O-])[C@H](O)[C@@H](O)[C@H](O)[C@H](O)CO. The van der Waals surface area contributed by atoms with E-state index in [9.17, 15) is 19.5 Å². The molecule has 0 spiro atoms. The van der Waals surface area contributed by atoms with Gasteiger partial charge in [-0.1, -0.05) is 65.2 Å². The molecule has 12 heteroatoms. The number of hydrogen-bond acceptors (Lipinski definition) is 11. The van der Waals surface area contributed by atoms with Gasteiger partial charge in [0.15, 0.2) is 0 Å². The van der Waals surface area contributed by atoms with Gasteiger partial charge in [-0.05, 0) is 12.8 Å². The number of rotatable bonds is 21. The number of carbonyl (C=O) groups is 3. The van der Waals surface area contributed by atoms with E-state index in [4.69, 9.17) is 35.0 Å². The number of aliphatic hydroxyl groups is 5. The van der Waals surface area contributed by atoms with Crippen LogP contribution in [0.1, 0.15) is 105 Å². The molecular formula is C28H55NO11. The topological polar surface area (TPSA) is 194 Å². The van der Waals surface area contributed by atoms with E-state index in [2.05, 4.69) is 13.8 Å². The number of ether oxygens (including phenoxy) is 2. The fourth-order valence-electron chi connectivity index (χ4n) is 3.47. The van der Waals surface area contributed by atoms with Crippen molar-refractivity contribution in [3.8, 4) is 0 Å². The van der Waals surface area contributed by atoms with Gasteiger partial charge in [-0.15, -0.1) is 0 Å². The maximum absolute atomic E-state index is 12.1. The molecule has 0 radical (unpaired) electrons. The molecule has 0 amide bonds. The third-order valence-corrected chi connectivity index (χ3v) is 6.94. The van der Waals surface area contributed by atoms with Crippen LogP contribution in [-0.4, -0.2) is 105 Å². The zero-order chi connectivity index (χ0) is 31.3. The second-order valence-corrected chi connectivity index (χ2v) is 10.6. The van der Waals surface area contributed by atoms with Crippen LogP contribution in [0.3, 0.4) is 0 Å². The summed E-state index contributed by atoms with van der Waals surface area (Å²) in [6.45, 7) is 7.22. The first kappa shape index (κ1) is 40.3. The second-order valence-electron chi connectivity index (χ2n) is 10.6. The molecule has 0 saturated heterocycles. The van der Waals surface area contributed by atoms with Crippen molar-refractivity contribution < 1.29 is 59.0 Å². The maximum atomic E-state index is 12.1. The lowest BCUT2D eigenvalue weighted by molar-refractivity contribution is -0.971. The molecule has 0 aromatic rings. The standard InChI is InChI=1S/C22H44NO4.C6H12O7/c1-7-9-11-13-15-17-21(24)26-19(3)23(5,6)20(4)27-22(25)18-16-14-12-10-8-2;7-1-2(8)3(9)4(10)5(11)6(12)13/h19-20H,7-18H2,1-6H3;2-5,7-11H,1H2,(H,12,13)/q+1;/p-1/t;2-,3-,4+,5-/m.1/s1. The van der Waals surface area contributed by atoms with Gasteiger partial charge in [-0.25, -0.2) is 0 Å². The number of aliphatic hydroxyl groups excluding tert-OH is 5. The van der Waals surface area contributed by atoms with Crippen molar-refractivity contribution in [1.82, 2.24) is 0 Å². The van der Waals surface area contributed by atoms with E-state index in [1.165, 1.54) is 38.5 Å². The number of hydrogen-bond donors (Lipinski definition) is 5. The summed E-state index contributed by atoms with van der Waals surface area (Å²) in [6.07, 6.45) is 3.19. The van der Waals surface area contributed by atoms with Crippen molar-refractivity contribution in [1.29, 1.82) is 0 Å². The van der Waals surface area contributed by atoms with E-state index in [0.717, 1.165) is 25.7 Å². The molecule has 0 aliphatic heterocycles. The van der Waals surface area contributed by atoms with Gasteiger partial charge in [0.1, 0.15) is 24.4 Å². The van der Waals surface area contributed by atoms with Crippen molar-refractivity contribution >= 4 is 17.9 Å². The van der Waals surface area contributed by atoms with Crippen LogP contribution < -0.4 is 5.11 Å². The third-order valence-electron chi connectivity index (χ3n) is 6.94. The summed E-state index contributed by atoms with van der Waals surface area (Å²) in [5.41, 5.74) is 0. The number of unbranched alkanes of at least 4 members (excludes halogenated alkanes) is 8. The second kappa shape index (κ2) is 22.8. The van der Waals surface area contributed by atoms with Crippen LogP contribution >= 0.6 is 0 Å². The van der Waals surface area contributed by atoms with Crippen LogP contribution in [0.25, 0.3) is 0 Å². The van der Waals surface area contributed by atoms with Crippen LogP contribution in [-0.2, 0) is 23.9 Å². The molecule has 0 rings (SSSR count). The average Bonchev–Trinajstić information content (AvgIpc) is 2.91. The molecule has 12 nitrogen and oxygen atoms in total. The lowest BCUT2D eigenvalue weighted by Crippen LogP contribution is -2.56. The maximum Gasteiger partial charge on any atom is 0.310 e. The minimum atomic E-state index is -2.31. The largest absolute Gasteiger partial charge is 0.547 e. The van der Waals surface area contributed by atoms with Gasteiger partial charge in [0.25, 0.3) is 0 Å². The molecular weight excluding hydrogens is 526 g/mol. The number of quaternary nitrogens is 1. The molecule has 0 bridgehead atoms. The van der Waals surface area contributed by atoms with Gasteiger partial charge in [-0.2, -0.15) is 0 Å². The summed E-state index contributed by atoms with van der Waals surface area (Å²) in [4.78, 5) is 34.1. The van der Waals surface area contributed by atoms with Crippen LogP contribution in [0.4, 0.5) is 0 Å². The predicted molar refractivity (Wildman–Crippen MR) is 146 cm³/mol. The molecule has 0 aromatic heterocycles. The zero-order valence-electron chi connectivity index (χ0n) is 25.3. The normalized spacial score (nSPS) is 16.0. The summed E-state index contributed by atoms with van der Waals surface area (Å²) in [6, 6.07) is 0. The van der Waals surface area contributed by atoms with Gasteiger partial charge in [0.2, 0.25) is 12.5 Å². The van der Waals surface area contributed by atoms with E-state index < -0.39 is 37.0 Å². The molecule has 0 heterocycles. The third kappa shape index (κ3) is 17.8. The minimum Gasteiger partial charge on any atom is -0.547 e. The Morgan fingerprint density at radius 2 is 1.07 bits per heavy atom. The highest BCUT2D eigenvalue weighted by atomic mass is 16.6. The summed E-state index contributed by atoms with van der Waals surface area (Å²) in [5, 5.41) is 53.4. The summed E-state index contributed by atoms with van der Waals surface area (Å²) < 4.78 is 11.5. The van der Waals surface area contributed by atoms with Crippen LogP contribution in [0.15, 0.2) is 0 Å². The Hall–Kier alpha value is -1.83. The predicted octanol–water partition coefficient (Wildman–Crippen LogP) is 0.734. The molecule has 6 atom stereocenters. The van der Waals surface area contributed by atoms with Crippen LogP contribution in [0.5, 0.6) is 0 Å². The lowest BCUT2D eigenvalue weighted by Gasteiger charge is -2.39. The van der Waals surface area contributed by atoms with Crippen molar-refractivity contribution in [2.45, 2.75) is 142 Å². The summed E-state index contributed by atoms with van der Waals surface area (Å²) >= 11 is 0. The van der Waals surface area contributed by atoms with Crippen molar-refractivity contribution in [3.63, 3.8) is 0 Å². The highest BCUT2D eigenvalue weighted by molar-refractivity contribution is 5.70. The molecule has 40 heavy (non-hydrogen) atoms. The van der Waals surface area contributed by atoms with Gasteiger partial charge < -0.3 is 44.9 Å².